The standard InChI is InChI=1S/C24H16Cl2N2O4/c25-17-8-12-19(13-9-17)32-24(31)16-6-10-18(11-7-16)27-21-20(26)22(29)28(23(21)30)14-15-4-2-1-3-5-15/h1-13,27H,14H2. The summed E-state index contributed by atoms with van der Waals surface area (Å²) in [7, 11) is 0. The van der Waals surface area contributed by atoms with Gasteiger partial charge >= 0.3 is 5.97 Å². The average Bonchev–Trinajstić information content (AvgIpc) is 3.00. The number of carbonyl (C=O) groups is 3. The van der Waals surface area contributed by atoms with Crippen LogP contribution in [0.3, 0.4) is 0 Å². The molecule has 6 nitrogen and oxygen atoms in total. The molecule has 0 saturated carbocycles. The minimum Gasteiger partial charge on any atom is -0.423 e. The number of rotatable bonds is 6. The molecule has 0 saturated heterocycles. The van der Waals surface area contributed by atoms with Crippen LogP contribution in [0.25, 0.3) is 0 Å². The number of nitrogens with zero attached hydrogens (tertiary/aromatic N) is 1. The summed E-state index contributed by atoms with van der Waals surface area (Å²) in [5.74, 6) is -1.26. The van der Waals surface area contributed by atoms with Gasteiger partial charge < -0.3 is 10.1 Å². The second kappa shape index (κ2) is 9.26. The number of amides is 2. The predicted molar refractivity (Wildman–Crippen MR) is 121 cm³/mol. The van der Waals surface area contributed by atoms with Crippen LogP contribution in [-0.2, 0) is 16.1 Å². The Morgan fingerprint density at radius 1 is 0.844 bits per heavy atom. The summed E-state index contributed by atoms with van der Waals surface area (Å²) in [4.78, 5) is 38.6. The van der Waals surface area contributed by atoms with E-state index in [9.17, 15) is 14.4 Å². The molecule has 1 heterocycles. The first kappa shape index (κ1) is 21.6. The van der Waals surface area contributed by atoms with Crippen molar-refractivity contribution in [3.8, 4) is 5.75 Å². The van der Waals surface area contributed by atoms with Crippen LogP contribution in [0.2, 0.25) is 5.02 Å². The second-order valence-corrected chi connectivity index (χ2v) is 7.73. The van der Waals surface area contributed by atoms with Crippen molar-refractivity contribution in [1.29, 1.82) is 0 Å². The number of esters is 1. The molecule has 32 heavy (non-hydrogen) atoms. The zero-order chi connectivity index (χ0) is 22.7. The van der Waals surface area contributed by atoms with Crippen molar-refractivity contribution in [2.45, 2.75) is 6.54 Å². The molecule has 4 rings (SSSR count). The SMILES string of the molecule is O=C(Oc1ccc(Cl)cc1)c1ccc(NC2=C(Cl)C(=O)N(Cc3ccccc3)C2=O)cc1. The summed E-state index contributed by atoms with van der Waals surface area (Å²) in [6.45, 7) is 0.120. The summed E-state index contributed by atoms with van der Waals surface area (Å²) >= 11 is 12.0. The molecule has 0 unspecified atom stereocenters. The van der Waals surface area contributed by atoms with E-state index in [0.29, 0.717) is 22.0 Å². The molecule has 3 aromatic carbocycles. The van der Waals surface area contributed by atoms with Crippen LogP contribution in [0.5, 0.6) is 5.75 Å². The highest BCUT2D eigenvalue weighted by Crippen LogP contribution is 2.27. The number of halogens is 2. The molecule has 1 aliphatic rings. The molecule has 2 amide bonds. The van der Waals surface area contributed by atoms with Crippen molar-refractivity contribution in [2.75, 3.05) is 5.32 Å². The molecule has 0 fully saturated rings. The van der Waals surface area contributed by atoms with Gasteiger partial charge in [0.1, 0.15) is 16.5 Å². The summed E-state index contributed by atoms with van der Waals surface area (Å²) in [6, 6.07) is 21.8. The minimum absolute atomic E-state index is 0.0101. The summed E-state index contributed by atoms with van der Waals surface area (Å²) in [6.07, 6.45) is 0. The monoisotopic (exact) mass is 466 g/mol. The lowest BCUT2D eigenvalue weighted by atomic mass is 10.2. The van der Waals surface area contributed by atoms with Crippen LogP contribution in [0.15, 0.2) is 89.6 Å². The summed E-state index contributed by atoms with van der Waals surface area (Å²) in [5.41, 5.74) is 1.60. The molecule has 0 aliphatic carbocycles. The molecule has 0 radical (unpaired) electrons. The van der Waals surface area contributed by atoms with E-state index in [1.165, 1.54) is 12.1 Å². The van der Waals surface area contributed by atoms with Crippen molar-refractivity contribution in [2.24, 2.45) is 0 Å². The van der Waals surface area contributed by atoms with Crippen molar-refractivity contribution < 1.29 is 19.1 Å². The van der Waals surface area contributed by atoms with Gasteiger partial charge in [-0.3, -0.25) is 14.5 Å². The van der Waals surface area contributed by atoms with E-state index in [2.05, 4.69) is 5.32 Å². The molecule has 0 spiro atoms. The molecule has 1 N–H and O–H groups in total. The van der Waals surface area contributed by atoms with Crippen molar-refractivity contribution >= 4 is 46.7 Å². The van der Waals surface area contributed by atoms with Crippen molar-refractivity contribution in [3.05, 3.63) is 106 Å². The molecule has 0 aromatic heterocycles. The number of imide groups is 1. The van der Waals surface area contributed by atoms with Gasteiger partial charge in [0.2, 0.25) is 0 Å². The fourth-order valence-corrected chi connectivity index (χ4v) is 3.42. The zero-order valence-corrected chi connectivity index (χ0v) is 18.1. The number of hydrogen-bond donors (Lipinski definition) is 1. The van der Waals surface area contributed by atoms with Gasteiger partial charge in [0.05, 0.1) is 12.1 Å². The maximum absolute atomic E-state index is 12.8. The zero-order valence-electron chi connectivity index (χ0n) is 16.5. The van der Waals surface area contributed by atoms with Gasteiger partial charge in [0, 0.05) is 10.7 Å². The molecule has 160 valence electrons. The average molecular weight is 467 g/mol. The Balaban J connectivity index is 1.43. The van der Waals surface area contributed by atoms with Gasteiger partial charge in [-0.2, -0.15) is 0 Å². The third-order valence-electron chi connectivity index (χ3n) is 4.71. The van der Waals surface area contributed by atoms with E-state index in [0.717, 1.165) is 10.5 Å². The van der Waals surface area contributed by atoms with Crippen LogP contribution < -0.4 is 10.1 Å². The van der Waals surface area contributed by atoms with Gasteiger partial charge in [-0.15, -0.1) is 0 Å². The van der Waals surface area contributed by atoms with Gasteiger partial charge in [0.15, 0.2) is 0 Å². The first-order valence-electron chi connectivity index (χ1n) is 9.57. The fraction of sp³-hybridized carbons (Fsp3) is 0.0417. The third kappa shape index (κ3) is 4.66. The predicted octanol–water partition coefficient (Wildman–Crippen LogP) is 4.99. The number of benzene rings is 3. The van der Waals surface area contributed by atoms with E-state index in [1.807, 2.05) is 30.3 Å². The van der Waals surface area contributed by atoms with Gasteiger partial charge in [0.25, 0.3) is 11.8 Å². The summed E-state index contributed by atoms with van der Waals surface area (Å²) in [5, 5.41) is 3.23. The van der Waals surface area contributed by atoms with Gasteiger partial charge in [-0.25, -0.2) is 4.79 Å². The van der Waals surface area contributed by atoms with E-state index >= 15 is 0 Å². The van der Waals surface area contributed by atoms with Crippen LogP contribution in [0, 0.1) is 0 Å². The maximum Gasteiger partial charge on any atom is 0.343 e. The first-order chi connectivity index (χ1) is 15.4. The molecule has 3 aromatic rings. The number of nitrogens with one attached hydrogen (secondary N) is 1. The van der Waals surface area contributed by atoms with Crippen molar-refractivity contribution in [3.63, 3.8) is 0 Å². The Morgan fingerprint density at radius 3 is 2.16 bits per heavy atom. The molecule has 0 atom stereocenters. The number of anilines is 1. The van der Waals surface area contributed by atoms with E-state index in [-0.39, 0.29) is 17.3 Å². The fourth-order valence-electron chi connectivity index (χ4n) is 3.07. The Labute approximate surface area is 194 Å². The van der Waals surface area contributed by atoms with E-state index in [1.54, 1.807) is 36.4 Å². The Bertz CT molecular complexity index is 1210. The maximum atomic E-state index is 12.8. The first-order valence-corrected chi connectivity index (χ1v) is 10.3. The van der Waals surface area contributed by atoms with Crippen LogP contribution in [-0.4, -0.2) is 22.7 Å². The topological polar surface area (TPSA) is 75.7 Å². The minimum atomic E-state index is -0.564. The van der Waals surface area contributed by atoms with Crippen LogP contribution in [0.1, 0.15) is 15.9 Å². The van der Waals surface area contributed by atoms with E-state index in [4.69, 9.17) is 27.9 Å². The smallest absolute Gasteiger partial charge is 0.343 e. The van der Waals surface area contributed by atoms with Crippen LogP contribution in [0.4, 0.5) is 5.69 Å². The molecule has 8 heteroatoms. The van der Waals surface area contributed by atoms with Gasteiger partial charge in [-0.1, -0.05) is 53.5 Å². The Morgan fingerprint density at radius 2 is 1.50 bits per heavy atom. The molecular formula is C24H16Cl2N2O4. The van der Waals surface area contributed by atoms with Crippen LogP contribution >= 0.6 is 23.2 Å². The lowest BCUT2D eigenvalue weighted by Crippen LogP contribution is -2.31. The van der Waals surface area contributed by atoms with Gasteiger partial charge in [-0.05, 0) is 54.1 Å². The Hall–Kier alpha value is -3.61. The normalized spacial score (nSPS) is 13.5. The second-order valence-electron chi connectivity index (χ2n) is 6.92. The van der Waals surface area contributed by atoms with E-state index < -0.39 is 17.8 Å². The third-order valence-corrected chi connectivity index (χ3v) is 5.31. The lowest BCUT2D eigenvalue weighted by molar-refractivity contribution is -0.138. The quantitative estimate of drug-likeness (QED) is 0.314. The highest BCUT2D eigenvalue weighted by atomic mass is 35.5. The molecule has 1 aliphatic heterocycles. The molecule has 0 bridgehead atoms. The van der Waals surface area contributed by atoms with Crippen molar-refractivity contribution in [1.82, 2.24) is 4.90 Å². The highest BCUT2D eigenvalue weighted by Gasteiger charge is 2.37. The largest absolute Gasteiger partial charge is 0.423 e. The number of hydrogen-bond acceptors (Lipinski definition) is 5. The number of ether oxygens (including phenoxy) is 1. The lowest BCUT2D eigenvalue weighted by Gasteiger charge is -2.15. The molecular weight excluding hydrogens is 451 g/mol. The number of carbonyl (C=O) groups excluding carboxylic acids is 3. The highest BCUT2D eigenvalue weighted by molar-refractivity contribution is 6.48. The summed E-state index contributed by atoms with van der Waals surface area (Å²) < 4.78 is 5.29. The Kier molecular flexibility index (Phi) is 6.25.